The standard InChI is InChI=1S/C16H18ClNO4S/c1-21-9-3-8-18-16(19)15-7-6-13(22-15)11-23(20)14-5-2-4-12(17)10-14/h2,4-7,10H,3,8-9,11H2,1H3,(H,18,19)/t23-/m0/s1. The number of amides is 1. The van der Waals surface area contributed by atoms with Gasteiger partial charge in [0, 0.05) is 30.2 Å². The third-order valence-electron chi connectivity index (χ3n) is 3.03. The molecule has 0 spiro atoms. The minimum atomic E-state index is -1.28. The average molecular weight is 356 g/mol. The van der Waals surface area contributed by atoms with Crippen LogP contribution in [0, 0.1) is 0 Å². The molecule has 7 heteroatoms. The minimum Gasteiger partial charge on any atom is -0.455 e. The van der Waals surface area contributed by atoms with Crippen LogP contribution < -0.4 is 5.32 Å². The van der Waals surface area contributed by atoms with Gasteiger partial charge in [0.1, 0.15) is 5.76 Å². The Morgan fingerprint density at radius 2 is 2.17 bits per heavy atom. The highest BCUT2D eigenvalue weighted by Gasteiger charge is 2.13. The quantitative estimate of drug-likeness (QED) is 0.739. The molecule has 1 N–H and O–H groups in total. The van der Waals surface area contributed by atoms with Gasteiger partial charge in [-0.15, -0.1) is 0 Å². The molecular weight excluding hydrogens is 338 g/mol. The maximum Gasteiger partial charge on any atom is 0.286 e. The number of furan rings is 1. The zero-order chi connectivity index (χ0) is 16.7. The highest BCUT2D eigenvalue weighted by Crippen LogP contribution is 2.18. The topological polar surface area (TPSA) is 68.5 Å². The molecule has 124 valence electrons. The summed E-state index contributed by atoms with van der Waals surface area (Å²) >= 11 is 5.89. The van der Waals surface area contributed by atoms with E-state index in [9.17, 15) is 9.00 Å². The van der Waals surface area contributed by atoms with E-state index in [1.165, 1.54) is 0 Å². The molecule has 0 aliphatic heterocycles. The van der Waals surface area contributed by atoms with Crippen molar-refractivity contribution in [3.8, 4) is 0 Å². The zero-order valence-electron chi connectivity index (χ0n) is 12.7. The van der Waals surface area contributed by atoms with E-state index in [4.69, 9.17) is 20.8 Å². The van der Waals surface area contributed by atoms with Crippen molar-refractivity contribution in [1.82, 2.24) is 5.32 Å². The van der Waals surface area contributed by atoms with Crippen molar-refractivity contribution >= 4 is 28.3 Å². The van der Waals surface area contributed by atoms with Gasteiger partial charge in [0.25, 0.3) is 5.91 Å². The van der Waals surface area contributed by atoms with Crippen molar-refractivity contribution in [3.05, 3.63) is 52.9 Å². The molecule has 0 aliphatic rings. The maximum absolute atomic E-state index is 12.3. The van der Waals surface area contributed by atoms with Crippen LogP contribution in [-0.4, -0.2) is 30.4 Å². The van der Waals surface area contributed by atoms with Gasteiger partial charge in [-0.3, -0.25) is 9.00 Å². The Morgan fingerprint density at radius 3 is 2.91 bits per heavy atom. The Kier molecular flexibility index (Phi) is 6.83. The van der Waals surface area contributed by atoms with E-state index in [-0.39, 0.29) is 17.4 Å². The third kappa shape index (κ3) is 5.49. The van der Waals surface area contributed by atoms with Gasteiger partial charge in [0.2, 0.25) is 0 Å². The van der Waals surface area contributed by atoms with Crippen LogP contribution in [0.25, 0.3) is 0 Å². The Hall–Kier alpha value is -1.63. The van der Waals surface area contributed by atoms with Crippen molar-refractivity contribution in [3.63, 3.8) is 0 Å². The normalized spacial score (nSPS) is 12.1. The lowest BCUT2D eigenvalue weighted by molar-refractivity contribution is 0.0919. The number of halogens is 1. The molecule has 0 aliphatic carbocycles. The van der Waals surface area contributed by atoms with E-state index in [0.29, 0.717) is 28.8 Å². The van der Waals surface area contributed by atoms with Crippen LogP contribution in [0.1, 0.15) is 22.7 Å². The summed E-state index contributed by atoms with van der Waals surface area (Å²) in [6.45, 7) is 1.10. The molecule has 0 radical (unpaired) electrons. The molecule has 2 rings (SSSR count). The van der Waals surface area contributed by atoms with Crippen LogP contribution in [0.2, 0.25) is 5.02 Å². The minimum absolute atomic E-state index is 0.192. The summed E-state index contributed by atoms with van der Waals surface area (Å²) in [5.74, 6) is 0.601. The van der Waals surface area contributed by atoms with Gasteiger partial charge in [0.05, 0.1) is 16.6 Å². The van der Waals surface area contributed by atoms with Gasteiger partial charge < -0.3 is 14.5 Å². The van der Waals surface area contributed by atoms with Gasteiger partial charge in [-0.25, -0.2) is 0 Å². The number of ether oxygens (including phenoxy) is 1. The highest BCUT2D eigenvalue weighted by molar-refractivity contribution is 7.84. The molecular formula is C16H18ClNO4S. The van der Waals surface area contributed by atoms with E-state index < -0.39 is 10.8 Å². The third-order valence-corrected chi connectivity index (χ3v) is 4.59. The van der Waals surface area contributed by atoms with Crippen molar-refractivity contribution in [2.75, 3.05) is 20.3 Å². The van der Waals surface area contributed by atoms with E-state index in [1.54, 1.807) is 43.5 Å². The van der Waals surface area contributed by atoms with Gasteiger partial charge in [0.15, 0.2) is 5.76 Å². The fourth-order valence-corrected chi connectivity index (χ4v) is 3.23. The fraction of sp³-hybridized carbons (Fsp3) is 0.312. The lowest BCUT2D eigenvalue weighted by Crippen LogP contribution is -2.24. The number of rotatable bonds is 8. The van der Waals surface area contributed by atoms with E-state index in [1.807, 2.05) is 0 Å². The van der Waals surface area contributed by atoms with Crippen molar-refractivity contribution in [2.24, 2.45) is 0 Å². The summed E-state index contributed by atoms with van der Waals surface area (Å²) < 4.78 is 22.6. The van der Waals surface area contributed by atoms with Crippen LogP contribution in [0.3, 0.4) is 0 Å². The average Bonchev–Trinajstić information content (AvgIpc) is 3.00. The van der Waals surface area contributed by atoms with E-state index >= 15 is 0 Å². The second-order valence-corrected chi connectivity index (χ2v) is 6.70. The monoisotopic (exact) mass is 355 g/mol. The predicted molar refractivity (Wildman–Crippen MR) is 89.1 cm³/mol. The van der Waals surface area contributed by atoms with Crippen molar-refractivity contribution < 1.29 is 18.2 Å². The Balaban J connectivity index is 1.91. The summed E-state index contributed by atoms with van der Waals surface area (Å²) in [4.78, 5) is 12.5. The molecule has 2 aromatic rings. The summed E-state index contributed by atoms with van der Waals surface area (Å²) in [6, 6.07) is 10.1. The Bertz CT molecular complexity index is 686. The molecule has 1 aromatic heterocycles. The van der Waals surface area contributed by atoms with E-state index in [2.05, 4.69) is 5.32 Å². The lowest BCUT2D eigenvalue weighted by atomic mass is 10.4. The maximum atomic E-state index is 12.3. The number of methoxy groups -OCH3 is 1. The summed E-state index contributed by atoms with van der Waals surface area (Å²) in [7, 11) is 0.333. The first-order chi connectivity index (χ1) is 11.1. The van der Waals surface area contributed by atoms with Crippen LogP contribution in [0.15, 0.2) is 45.7 Å². The number of benzene rings is 1. The van der Waals surface area contributed by atoms with Gasteiger partial charge >= 0.3 is 0 Å². The second kappa shape index (κ2) is 8.86. The van der Waals surface area contributed by atoms with Gasteiger partial charge in [-0.05, 0) is 36.8 Å². The molecule has 0 bridgehead atoms. The van der Waals surface area contributed by atoms with Crippen molar-refractivity contribution in [2.45, 2.75) is 17.1 Å². The number of nitrogens with one attached hydrogen (secondary N) is 1. The summed E-state index contributed by atoms with van der Waals surface area (Å²) in [5.41, 5.74) is 0. The molecule has 0 saturated heterocycles. The molecule has 1 aromatic carbocycles. The second-order valence-electron chi connectivity index (χ2n) is 4.82. The molecule has 1 atom stereocenters. The zero-order valence-corrected chi connectivity index (χ0v) is 14.3. The number of carbonyl (C=O) groups is 1. The molecule has 0 saturated carbocycles. The fourth-order valence-electron chi connectivity index (χ4n) is 1.90. The van der Waals surface area contributed by atoms with Crippen LogP contribution in [0.5, 0.6) is 0 Å². The molecule has 1 amide bonds. The lowest BCUT2D eigenvalue weighted by Gasteiger charge is -2.03. The first-order valence-electron chi connectivity index (χ1n) is 7.10. The number of hydrogen-bond acceptors (Lipinski definition) is 4. The van der Waals surface area contributed by atoms with Gasteiger partial charge in [-0.2, -0.15) is 0 Å². The number of hydrogen-bond donors (Lipinski definition) is 1. The van der Waals surface area contributed by atoms with Crippen LogP contribution in [-0.2, 0) is 21.3 Å². The SMILES string of the molecule is COCCCNC(=O)c1ccc(C[S@](=O)c2cccc(Cl)c2)o1. The molecule has 0 fully saturated rings. The molecule has 23 heavy (non-hydrogen) atoms. The summed E-state index contributed by atoms with van der Waals surface area (Å²) in [5, 5.41) is 3.27. The predicted octanol–water partition coefficient (Wildman–Crippen LogP) is 3.01. The largest absolute Gasteiger partial charge is 0.455 e. The summed E-state index contributed by atoms with van der Waals surface area (Å²) in [6.07, 6.45) is 0.731. The first-order valence-corrected chi connectivity index (χ1v) is 8.79. The molecule has 1 heterocycles. The Morgan fingerprint density at radius 1 is 1.35 bits per heavy atom. The Labute approximate surface area is 142 Å². The number of carbonyl (C=O) groups excluding carboxylic acids is 1. The van der Waals surface area contributed by atoms with Gasteiger partial charge in [-0.1, -0.05) is 17.7 Å². The smallest absolute Gasteiger partial charge is 0.286 e. The molecule has 0 unspecified atom stereocenters. The van der Waals surface area contributed by atoms with E-state index in [0.717, 1.165) is 6.42 Å². The highest BCUT2D eigenvalue weighted by atomic mass is 35.5. The van der Waals surface area contributed by atoms with Crippen LogP contribution >= 0.6 is 11.6 Å². The molecule has 5 nitrogen and oxygen atoms in total. The first kappa shape index (κ1) is 17.7. The van der Waals surface area contributed by atoms with Crippen LogP contribution in [0.4, 0.5) is 0 Å². The van der Waals surface area contributed by atoms with Crippen molar-refractivity contribution in [1.29, 1.82) is 0 Å².